The van der Waals surface area contributed by atoms with E-state index in [2.05, 4.69) is 4.74 Å². The second-order valence-corrected chi connectivity index (χ2v) is 7.63. The molecular weight excluding hydrogens is 367 g/mol. The van der Waals surface area contributed by atoms with Gasteiger partial charge in [0.05, 0.1) is 0 Å². The largest absolute Gasteiger partial charge is 0.573 e. The Labute approximate surface area is 150 Å². The van der Waals surface area contributed by atoms with Crippen molar-refractivity contribution in [3.05, 3.63) is 70.6 Å². The molecule has 2 aromatic carbocycles. The Morgan fingerprint density at radius 3 is 2.15 bits per heavy atom. The average Bonchev–Trinajstić information content (AvgIpc) is 2.55. The van der Waals surface area contributed by atoms with E-state index in [1.165, 1.54) is 25.3 Å². The lowest BCUT2D eigenvalue weighted by Gasteiger charge is -2.15. The summed E-state index contributed by atoms with van der Waals surface area (Å²) in [5.74, 6) is -0.356. The fourth-order valence-electron chi connectivity index (χ4n) is 2.09. The van der Waals surface area contributed by atoms with Crippen LogP contribution in [0.4, 0.5) is 13.2 Å². The Balaban J connectivity index is 2.03. The van der Waals surface area contributed by atoms with E-state index in [4.69, 9.17) is 0 Å². The molecule has 140 valence electrons. The molecule has 8 heteroatoms. The second kappa shape index (κ2) is 7.92. The van der Waals surface area contributed by atoms with Gasteiger partial charge in [-0.3, -0.25) is 0 Å². The molecule has 0 unspecified atom stereocenters. The molecule has 0 fully saturated rings. The van der Waals surface area contributed by atoms with Crippen LogP contribution in [0, 0.1) is 6.92 Å². The lowest BCUT2D eigenvalue weighted by molar-refractivity contribution is -0.274. The molecule has 0 aliphatic heterocycles. The standard InChI is InChI=1S/C18H18F3NO3S/c1-14-3-5-15(6-4-14)11-12-26(23,24)22(2)13-16-7-9-17(10-8-16)25-18(19,20)21/h3-12H,13H2,1-2H3/b12-11+. The van der Waals surface area contributed by atoms with Crippen molar-refractivity contribution < 1.29 is 26.3 Å². The Hall–Kier alpha value is -2.32. The van der Waals surface area contributed by atoms with E-state index in [0.717, 1.165) is 33.0 Å². The van der Waals surface area contributed by atoms with Crippen LogP contribution in [0.1, 0.15) is 16.7 Å². The van der Waals surface area contributed by atoms with E-state index in [0.29, 0.717) is 5.56 Å². The predicted octanol–water partition coefficient (Wildman–Crippen LogP) is 4.33. The van der Waals surface area contributed by atoms with Gasteiger partial charge < -0.3 is 4.74 Å². The van der Waals surface area contributed by atoms with Gasteiger partial charge in [-0.25, -0.2) is 8.42 Å². The molecule has 0 aliphatic rings. The monoisotopic (exact) mass is 385 g/mol. The number of hydrogen-bond donors (Lipinski definition) is 0. The quantitative estimate of drug-likeness (QED) is 0.744. The van der Waals surface area contributed by atoms with Crippen LogP contribution in [-0.4, -0.2) is 26.1 Å². The third kappa shape index (κ3) is 6.20. The number of sulfonamides is 1. The lowest BCUT2D eigenvalue weighted by atomic mass is 10.2. The molecule has 0 bridgehead atoms. The minimum Gasteiger partial charge on any atom is -0.406 e. The summed E-state index contributed by atoms with van der Waals surface area (Å²) in [6.07, 6.45) is -3.27. The van der Waals surface area contributed by atoms with Crippen molar-refractivity contribution in [1.82, 2.24) is 4.31 Å². The lowest BCUT2D eigenvalue weighted by Crippen LogP contribution is -2.24. The number of rotatable bonds is 6. The van der Waals surface area contributed by atoms with Crippen molar-refractivity contribution in [1.29, 1.82) is 0 Å². The fourth-order valence-corrected chi connectivity index (χ4v) is 2.96. The van der Waals surface area contributed by atoms with Gasteiger partial charge in [-0.05, 0) is 36.3 Å². The van der Waals surface area contributed by atoms with Gasteiger partial charge in [-0.1, -0.05) is 42.0 Å². The first-order valence-electron chi connectivity index (χ1n) is 7.61. The maximum Gasteiger partial charge on any atom is 0.573 e. The minimum atomic E-state index is -4.76. The van der Waals surface area contributed by atoms with E-state index in [9.17, 15) is 21.6 Å². The third-order valence-electron chi connectivity index (χ3n) is 3.51. The highest BCUT2D eigenvalue weighted by atomic mass is 32.2. The van der Waals surface area contributed by atoms with Gasteiger partial charge in [-0.2, -0.15) is 4.31 Å². The zero-order valence-corrected chi connectivity index (χ0v) is 15.0. The number of nitrogens with zero attached hydrogens (tertiary/aromatic N) is 1. The van der Waals surface area contributed by atoms with Gasteiger partial charge in [0.25, 0.3) is 0 Å². The smallest absolute Gasteiger partial charge is 0.406 e. The second-order valence-electron chi connectivity index (χ2n) is 5.71. The molecule has 0 saturated carbocycles. The van der Waals surface area contributed by atoms with Crippen LogP contribution in [0.3, 0.4) is 0 Å². The SMILES string of the molecule is Cc1ccc(/C=C/S(=O)(=O)N(C)Cc2ccc(OC(F)(F)F)cc2)cc1. The van der Waals surface area contributed by atoms with Gasteiger partial charge in [-0.15, -0.1) is 13.2 Å². The zero-order chi connectivity index (χ0) is 19.4. The number of halogens is 3. The Morgan fingerprint density at radius 1 is 1.04 bits per heavy atom. The first kappa shape index (κ1) is 20.0. The molecule has 26 heavy (non-hydrogen) atoms. The van der Waals surface area contributed by atoms with Crippen LogP contribution in [0.15, 0.2) is 53.9 Å². The number of aryl methyl sites for hydroxylation is 1. The topological polar surface area (TPSA) is 46.6 Å². The van der Waals surface area contributed by atoms with Crippen molar-refractivity contribution in [3.63, 3.8) is 0 Å². The van der Waals surface area contributed by atoms with Crippen molar-refractivity contribution in [2.45, 2.75) is 19.8 Å². The van der Waals surface area contributed by atoms with E-state index in [1.807, 2.05) is 19.1 Å². The Kier molecular flexibility index (Phi) is 6.09. The maximum atomic E-state index is 12.3. The molecule has 0 radical (unpaired) electrons. The Morgan fingerprint density at radius 2 is 1.62 bits per heavy atom. The summed E-state index contributed by atoms with van der Waals surface area (Å²) in [5, 5.41) is 1.10. The van der Waals surface area contributed by atoms with Gasteiger partial charge in [0, 0.05) is 19.0 Å². The van der Waals surface area contributed by atoms with Crippen LogP contribution in [0.25, 0.3) is 6.08 Å². The van der Waals surface area contributed by atoms with Gasteiger partial charge in [0.2, 0.25) is 10.0 Å². The minimum absolute atomic E-state index is 0.0207. The summed E-state index contributed by atoms with van der Waals surface area (Å²) < 4.78 is 65.9. The molecule has 0 N–H and O–H groups in total. The van der Waals surface area contributed by atoms with Gasteiger partial charge in [0.15, 0.2) is 0 Å². The van der Waals surface area contributed by atoms with Gasteiger partial charge in [0.1, 0.15) is 5.75 Å². The van der Waals surface area contributed by atoms with Crippen molar-refractivity contribution in [2.24, 2.45) is 0 Å². The zero-order valence-electron chi connectivity index (χ0n) is 14.2. The first-order valence-corrected chi connectivity index (χ1v) is 9.11. The molecule has 2 rings (SSSR count). The van der Waals surface area contributed by atoms with Crippen LogP contribution in [0.2, 0.25) is 0 Å². The first-order chi connectivity index (χ1) is 12.0. The number of benzene rings is 2. The van der Waals surface area contributed by atoms with Crippen molar-refractivity contribution in [3.8, 4) is 5.75 Å². The molecule has 0 heterocycles. The summed E-state index contributed by atoms with van der Waals surface area (Å²) in [4.78, 5) is 0. The Bertz CT molecular complexity index is 858. The molecule has 4 nitrogen and oxygen atoms in total. The highest BCUT2D eigenvalue weighted by molar-refractivity contribution is 7.92. The molecule has 0 saturated heterocycles. The summed E-state index contributed by atoms with van der Waals surface area (Å²) in [6, 6.07) is 12.4. The summed E-state index contributed by atoms with van der Waals surface area (Å²) in [7, 11) is -2.27. The molecule has 0 aromatic heterocycles. The number of alkyl halides is 3. The number of hydrogen-bond acceptors (Lipinski definition) is 3. The number of ether oxygens (including phenoxy) is 1. The summed E-state index contributed by atoms with van der Waals surface area (Å²) in [5.41, 5.74) is 2.36. The molecule has 2 aromatic rings. The summed E-state index contributed by atoms with van der Waals surface area (Å²) >= 11 is 0. The summed E-state index contributed by atoms with van der Waals surface area (Å²) in [6.45, 7) is 1.95. The maximum absolute atomic E-state index is 12.3. The molecule has 0 spiro atoms. The van der Waals surface area contributed by atoms with Crippen LogP contribution in [-0.2, 0) is 16.6 Å². The van der Waals surface area contributed by atoms with Crippen molar-refractivity contribution in [2.75, 3.05) is 7.05 Å². The average molecular weight is 385 g/mol. The van der Waals surface area contributed by atoms with Gasteiger partial charge >= 0.3 is 6.36 Å². The van der Waals surface area contributed by atoms with Crippen molar-refractivity contribution >= 4 is 16.1 Å². The van der Waals surface area contributed by atoms with Crippen LogP contribution >= 0.6 is 0 Å². The fraction of sp³-hybridized carbons (Fsp3) is 0.222. The van der Waals surface area contributed by atoms with E-state index in [-0.39, 0.29) is 12.3 Å². The predicted molar refractivity (Wildman–Crippen MR) is 93.7 cm³/mol. The van der Waals surface area contributed by atoms with E-state index >= 15 is 0 Å². The molecular formula is C18H18F3NO3S. The molecule has 0 amide bonds. The highest BCUT2D eigenvalue weighted by Crippen LogP contribution is 2.23. The molecule has 0 atom stereocenters. The normalized spacial score (nSPS) is 12.7. The van der Waals surface area contributed by atoms with E-state index < -0.39 is 16.4 Å². The highest BCUT2D eigenvalue weighted by Gasteiger charge is 2.31. The molecule has 0 aliphatic carbocycles. The van der Waals surface area contributed by atoms with Crippen LogP contribution < -0.4 is 4.74 Å². The third-order valence-corrected chi connectivity index (χ3v) is 4.98. The van der Waals surface area contributed by atoms with E-state index in [1.54, 1.807) is 12.1 Å². The van der Waals surface area contributed by atoms with Crippen LogP contribution in [0.5, 0.6) is 5.75 Å².